The fraction of sp³-hybridized carbons (Fsp3) is 0.222. The van der Waals surface area contributed by atoms with Crippen LogP contribution in [0.1, 0.15) is 10.4 Å². The van der Waals surface area contributed by atoms with Gasteiger partial charge in [0.1, 0.15) is 6.67 Å². The van der Waals surface area contributed by atoms with Gasteiger partial charge in [-0.25, -0.2) is 9.18 Å². The fourth-order valence-electron chi connectivity index (χ4n) is 1.07. The number of carboxylic acid groups (broad SMARTS) is 1. The van der Waals surface area contributed by atoms with Crippen molar-refractivity contribution < 1.29 is 14.3 Å². The quantitative estimate of drug-likeness (QED) is 0.876. The van der Waals surface area contributed by atoms with E-state index in [0.29, 0.717) is 10.2 Å². The molecule has 0 aliphatic heterocycles. The molecule has 0 aliphatic carbocycles. The zero-order valence-electron chi connectivity index (χ0n) is 7.26. The molecule has 14 heavy (non-hydrogen) atoms. The van der Waals surface area contributed by atoms with Crippen LogP contribution < -0.4 is 5.32 Å². The van der Waals surface area contributed by atoms with E-state index < -0.39 is 12.6 Å². The lowest BCUT2D eigenvalue weighted by Gasteiger charge is -2.08. The largest absolute Gasteiger partial charge is 0.478 e. The topological polar surface area (TPSA) is 49.3 Å². The predicted octanol–water partition coefficient (Wildman–Crippen LogP) is 2.53. The molecule has 0 fully saturated rings. The number of carbonyl (C=O) groups is 1. The zero-order valence-corrected chi connectivity index (χ0v) is 8.84. The maximum atomic E-state index is 11.9. The van der Waals surface area contributed by atoms with Crippen molar-refractivity contribution in [2.45, 2.75) is 0 Å². The van der Waals surface area contributed by atoms with Gasteiger partial charge >= 0.3 is 5.97 Å². The Hall–Kier alpha value is -1.10. The first-order valence-corrected chi connectivity index (χ1v) is 4.77. The lowest BCUT2D eigenvalue weighted by molar-refractivity contribution is 0.0697. The van der Waals surface area contributed by atoms with E-state index in [4.69, 9.17) is 5.11 Å². The minimum atomic E-state index is -1.04. The number of aromatic carboxylic acids is 1. The van der Waals surface area contributed by atoms with Gasteiger partial charge in [0.05, 0.1) is 5.56 Å². The van der Waals surface area contributed by atoms with Crippen LogP contribution in [-0.2, 0) is 0 Å². The lowest BCUT2D eigenvalue weighted by Crippen LogP contribution is -2.09. The Morgan fingerprint density at radius 3 is 2.86 bits per heavy atom. The summed E-state index contributed by atoms with van der Waals surface area (Å²) >= 11 is 3.13. The molecule has 1 rings (SSSR count). The molecule has 76 valence electrons. The van der Waals surface area contributed by atoms with Crippen LogP contribution in [-0.4, -0.2) is 24.3 Å². The Labute approximate surface area is 89.1 Å². The fourth-order valence-corrected chi connectivity index (χ4v) is 1.61. The number of hydrogen-bond acceptors (Lipinski definition) is 2. The monoisotopic (exact) mass is 261 g/mol. The minimum Gasteiger partial charge on any atom is -0.478 e. The van der Waals surface area contributed by atoms with E-state index in [1.165, 1.54) is 0 Å². The first kappa shape index (κ1) is 11.0. The SMILES string of the molecule is O=C(O)c1c(Br)cccc1NCCF. The third kappa shape index (κ3) is 2.45. The van der Waals surface area contributed by atoms with E-state index in [1.807, 2.05) is 0 Å². The van der Waals surface area contributed by atoms with Crippen molar-refractivity contribution in [3.05, 3.63) is 28.2 Å². The molecule has 1 aromatic rings. The average molecular weight is 262 g/mol. The van der Waals surface area contributed by atoms with Gasteiger partial charge < -0.3 is 10.4 Å². The highest BCUT2D eigenvalue weighted by Gasteiger charge is 2.12. The number of nitrogens with one attached hydrogen (secondary N) is 1. The summed E-state index contributed by atoms with van der Waals surface area (Å²) < 4.78 is 12.4. The van der Waals surface area contributed by atoms with Gasteiger partial charge in [0, 0.05) is 16.7 Å². The highest BCUT2D eigenvalue weighted by molar-refractivity contribution is 9.10. The van der Waals surface area contributed by atoms with Crippen LogP contribution in [0.2, 0.25) is 0 Å². The van der Waals surface area contributed by atoms with Crippen molar-refractivity contribution in [1.82, 2.24) is 0 Å². The van der Waals surface area contributed by atoms with Crippen LogP contribution in [0.5, 0.6) is 0 Å². The molecular formula is C9H9BrFNO2. The highest BCUT2D eigenvalue weighted by Crippen LogP contribution is 2.24. The van der Waals surface area contributed by atoms with Gasteiger partial charge in [0.15, 0.2) is 0 Å². The molecule has 0 atom stereocenters. The average Bonchev–Trinajstić information content (AvgIpc) is 2.14. The van der Waals surface area contributed by atoms with Gasteiger partial charge in [-0.15, -0.1) is 0 Å². The third-order valence-electron chi connectivity index (χ3n) is 1.64. The minimum absolute atomic E-state index is 0.108. The Balaban J connectivity index is 3.02. The summed E-state index contributed by atoms with van der Waals surface area (Å²) in [5, 5.41) is 11.6. The van der Waals surface area contributed by atoms with Crippen molar-refractivity contribution in [2.24, 2.45) is 0 Å². The summed E-state index contributed by atoms with van der Waals surface area (Å²) in [6, 6.07) is 4.92. The number of carboxylic acids is 1. The van der Waals surface area contributed by atoms with Crippen LogP contribution in [0, 0.1) is 0 Å². The van der Waals surface area contributed by atoms with E-state index in [-0.39, 0.29) is 12.1 Å². The molecule has 0 amide bonds. The van der Waals surface area contributed by atoms with Gasteiger partial charge in [-0.2, -0.15) is 0 Å². The van der Waals surface area contributed by atoms with Gasteiger partial charge in [-0.3, -0.25) is 0 Å². The summed E-state index contributed by atoms with van der Waals surface area (Å²) in [6.07, 6.45) is 0. The van der Waals surface area contributed by atoms with E-state index in [9.17, 15) is 9.18 Å². The number of halogens is 2. The van der Waals surface area contributed by atoms with Crippen LogP contribution >= 0.6 is 15.9 Å². The van der Waals surface area contributed by atoms with E-state index in [1.54, 1.807) is 18.2 Å². The van der Waals surface area contributed by atoms with Crippen molar-refractivity contribution in [3.8, 4) is 0 Å². The number of anilines is 1. The molecule has 2 N–H and O–H groups in total. The second kappa shape index (κ2) is 4.95. The lowest BCUT2D eigenvalue weighted by atomic mass is 10.2. The molecule has 0 saturated carbocycles. The van der Waals surface area contributed by atoms with Gasteiger partial charge in [0.25, 0.3) is 0 Å². The second-order valence-corrected chi connectivity index (χ2v) is 3.44. The standard InChI is InChI=1S/C9H9BrFNO2/c10-6-2-1-3-7(12-5-4-11)8(6)9(13)14/h1-3,12H,4-5H2,(H,13,14). The molecule has 0 saturated heterocycles. The maximum absolute atomic E-state index is 11.9. The Morgan fingerprint density at radius 2 is 2.29 bits per heavy atom. The molecule has 0 bridgehead atoms. The Kier molecular flexibility index (Phi) is 3.88. The molecule has 1 aromatic carbocycles. The van der Waals surface area contributed by atoms with Crippen molar-refractivity contribution >= 4 is 27.6 Å². The van der Waals surface area contributed by atoms with Crippen LogP contribution in [0.3, 0.4) is 0 Å². The van der Waals surface area contributed by atoms with Gasteiger partial charge in [-0.1, -0.05) is 6.07 Å². The molecule has 0 unspecified atom stereocenters. The summed E-state index contributed by atoms with van der Waals surface area (Å²) in [7, 11) is 0. The van der Waals surface area contributed by atoms with E-state index >= 15 is 0 Å². The molecule has 0 spiro atoms. The van der Waals surface area contributed by atoms with Crippen molar-refractivity contribution in [1.29, 1.82) is 0 Å². The molecule has 0 radical (unpaired) electrons. The summed E-state index contributed by atoms with van der Waals surface area (Å²) in [4.78, 5) is 10.8. The number of benzene rings is 1. The van der Waals surface area contributed by atoms with Gasteiger partial charge in [0.2, 0.25) is 0 Å². The van der Waals surface area contributed by atoms with Crippen LogP contribution in [0.25, 0.3) is 0 Å². The molecule has 0 aromatic heterocycles. The Morgan fingerprint density at radius 1 is 1.57 bits per heavy atom. The molecule has 0 aliphatic rings. The van der Waals surface area contributed by atoms with Crippen molar-refractivity contribution in [3.63, 3.8) is 0 Å². The van der Waals surface area contributed by atoms with Gasteiger partial charge in [-0.05, 0) is 28.1 Å². The first-order valence-electron chi connectivity index (χ1n) is 3.98. The molecule has 0 heterocycles. The maximum Gasteiger partial charge on any atom is 0.338 e. The van der Waals surface area contributed by atoms with Crippen LogP contribution in [0.4, 0.5) is 10.1 Å². The molecule has 5 heteroatoms. The number of hydrogen-bond donors (Lipinski definition) is 2. The predicted molar refractivity (Wildman–Crippen MR) is 55.6 cm³/mol. The van der Waals surface area contributed by atoms with E-state index in [0.717, 1.165) is 0 Å². The first-order chi connectivity index (χ1) is 6.66. The molecule has 3 nitrogen and oxygen atoms in total. The highest BCUT2D eigenvalue weighted by atomic mass is 79.9. The molecular weight excluding hydrogens is 253 g/mol. The van der Waals surface area contributed by atoms with Crippen molar-refractivity contribution in [2.75, 3.05) is 18.5 Å². The normalized spacial score (nSPS) is 9.86. The second-order valence-electron chi connectivity index (χ2n) is 2.58. The summed E-state index contributed by atoms with van der Waals surface area (Å²) in [5.74, 6) is -1.04. The van der Waals surface area contributed by atoms with E-state index in [2.05, 4.69) is 21.2 Å². The number of alkyl halides is 1. The summed E-state index contributed by atoms with van der Waals surface area (Å²) in [6.45, 7) is -0.428. The number of rotatable bonds is 4. The smallest absolute Gasteiger partial charge is 0.338 e. The summed E-state index contributed by atoms with van der Waals surface area (Å²) in [5.41, 5.74) is 0.547. The Bertz CT molecular complexity index is 344. The third-order valence-corrected chi connectivity index (χ3v) is 2.30. The van der Waals surface area contributed by atoms with Crippen LogP contribution in [0.15, 0.2) is 22.7 Å². The zero-order chi connectivity index (χ0) is 10.6.